The third kappa shape index (κ3) is 12.6. The van der Waals surface area contributed by atoms with Crippen LogP contribution in [0.1, 0.15) is 32.3 Å². The average molecular weight is 462 g/mol. The molecule has 1 amide bonds. The highest BCUT2D eigenvalue weighted by molar-refractivity contribution is 14.0. The van der Waals surface area contributed by atoms with Crippen molar-refractivity contribution >= 4 is 35.8 Å². The maximum Gasteiger partial charge on any atom is 0.222 e. The zero-order valence-corrected chi connectivity index (χ0v) is 17.5. The minimum atomic E-state index is 0. The number of guanidine groups is 1. The first-order valence-electron chi connectivity index (χ1n) is 8.66. The molecule has 7 heteroatoms. The lowest BCUT2D eigenvalue weighted by molar-refractivity contribution is -0.121. The molecule has 0 aliphatic heterocycles. The van der Waals surface area contributed by atoms with Crippen molar-refractivity contribution in [2.45, 2.75) is 33.2 Å². The van der Waals surface area contributed by atoms with Gasteiger partial charge in [-0.1, -0.05) is 30.3 Å². The van der Waals surface area contributed by atoms with Crippen LogP contribution in [0.3, 0.4) is 0 Å². The summed E-state index contributed by atoms with van der Waals surface area (Å²) in [4.78, 5) is 16.3. The number of hydrogen-bond acceptors (Lipinski definition) is 3. The fourth-order valence-corrected chi connectivity index (χ4v) is 2.02. The molecule has 0 aliphatic rings. The second-order valence-electron chi connectivity index (χ2n) is 5.25. The zero-order chi connectivity index (χ0) is 17.5. The van der Waals surface area contributed by atoms with E-state index in [-0.39, 0.29) is 29.9 Å². The highest BCUT2D eigenvalue weighted by Crippen LogP contribution is 1.97. The van der Waals surface area contributed by atoms with E-state index < -0.39 is 0 Å². The van der Waals surface area contributed by atoms with Crippen LogP contribution < -0.4 is 16.0 Å². The van der Waals surface area contributed by atoms with Crippen LogP contribution in [0, 0.1) is 0 Å². The van der Waals surface area contributed by atoms with Gasteiger partial charge in [0, 0.05) is 45.8 Å². The third-order valence-electron chi connectivity index (χ3n) is 3.24. The number of hydrogen-bond donors (Lipinski definition) is 3. The van der Waals surface area contributed by atoms with Gasteiger partial charge >= 0.3 is 0 Å². The number of ether oxygens (including phenoxy) is 1. The molecule has 142 valence electrons. The van der Waals surface area contributed by atoms with Gasteiger partial charge in [-0.2, -0.15) is 0 Å². The largest absolute Gasteiger partial charge is 0.382 e. The summed E-state index contributed by atoms with van der Waals surface area (Å²) in [7, 11) is 0. The SMILES string of the molecule is CCNC(=NCCCOCC)NCCC(=O)NCc1ccccc1.I. The maximum atomic E-state index is 11.9. The van der Waals surface area contributed by atoms with Crippen molar-refractivity contribution in [1.82, 2.24) is 16.0 Å². The predicted octanol–water partition coefficient (Wildman–Crippen LogP) is 2.29. The molecule has 0 fully saturated rings. The molecule has 3 N–H and O–H groups in total. The van der Waals surface area contributed by atoms with Crippen LogP contribution in [0.25, 0.3) is 0 Å². The molecule has 1 rings (SSSR count). The minimum Gasteiger partial charge on any atom is -0.382 e. The van der Waals surface area contributed by atoms with Gasteiger partial charge in [0.15, 0.2) is 5.96 Å². The van der Waals surface area contributed by atoms with E-state index in [0.717, 1.165) is 37.7 Å². The number of nitrogens with one attached hydrogen (secondary N) is 3. The first-order chi connectivity index (χ1) is 11.8. The van der Waals surface area contributed by atoms with Crippen LogP contribution in [0.15, 0.2) is 35.3 Å². The van der Waals surface area contributed by atoms with E-state index in [1.54, 1.807) is 0 Å². The molecule has 1 aromatic rings. The van der Waals surface area contributed by atoms with Crippen molar-refractivity contribution in [3.8, 4) is 0 Å². The summed E-state index contributed by atoms with van der Waals surface area (Å²) in [6.07, 6.45) is 1.30. The Kier molecular flexibility index (Phi) is 15.3. The van der Waals surface area contributed by atoms with Crippen LogP contribution in [0.5, 0.6) is 0 Å². The molecule has 1 aromatic carbocycles. The van der Waals surface area contributed by atoms with Crippen molar-refractivity contribution < 1.29 is 9.53 Å². The molecule has 0 spiro atoms. The van der Waals surface area contributed by atoms with Crippen molar-refractivity contribution in [3.05, 3.63) is 35.9 Å². The third-order valence-corrected chi connectivity index (χ3v) is 3.24. The number of nitrogens with zero attached hydrogens (tertiary/aromatic N) is 1. The van der Waals surface area contributed by atoms with Crippen LogP contribution >= 0.6 is 24.0 Å². The Morgan fingerprint density at radius 2 is 1.88 bits per heavy atom. The van der Waals surface area contributed by atoms with E-state index in [0.29, 0.717) is 26.1 Å². The normalized spacial score (nSPS) is 10.7. The lowest BCUT2D eigenvalue weighted by atomic mass is 10.2. The van der Waals surface area contributed by atoms with Crippen molar-refractivity contribution in [2.75, 3.05) is 32.8 Å². The van der Waals surface area contributed by atoms with Crippen molar-refractivity contribution in [3.63, 3.8) is 0 Å². The molecule has 6 nitrogen and oxygen atoms in total. The van der Waals surface area contributed by atoms with Gasteiger partial charge in [-0.25, -0.2) is 0 Å². The smallest absolute Gasteiger partial charge is 0.222 e. The summed E-state index contributed by atoms with van der Waals surface area (Å²) in [5.74, 6) is 0.767. The van der Waals surface area contributed by atoms with E-state index in [2.05, 4.69) is 20.9 Å². The first-order valence-corrected chi connectivity index (χ1v) is 8.66. The molecular formula is C18H31IN4O2. The van der Waals surface area contributed by atoms with Crippen LogP contribution in [0.4, 0.5) is 0 Å². The summed E-state index contributed by atoms with van der Waals surface area (Å²) >= 11 is 0. The predicted molar refractivity (Wildman–Crippen MR) is 113 cm³/mol. The van der Waals surface area contributed by atoms with Gasteiger partial charge in [-0.05, 0) is 25.8 Å². The Labute approximate surface area is 168 Å². The van der Waals surface area contributed by atoms with Crippen molar-refractivity contribution in [2.24, 2.45) is 4.99 Å². The number of benzene rings is 1. The number of amides is 1. The number of carbonyl (C=O) groups is 1. The molecule has 0 unspecified atom stereocenters. The summed E-state index contributed by atoms with van der Waals surface area (Å²) < 4.78 is 5.29. The van der Waals surface area contributed by atoms with Gasteiger partial charge in [-0.3, -0.25) is 9.79 Å². The van der Waals surface area contributed by atoms with E-state index in [1.165, 1.54) is 0 Å². The maximum absolute atomic E-state index is 11.9. The van der Waals surface area contributed by atoms with E-state index in [9.17, 15) is 4.79 Å². The van der Waals surface area contributed by atoms with Gasteiger partial charge < -0.3 is 20.7 Å². The topological polar surface area (TPSA) is 74.8 Å². The van der Waals surface area contributed by atoms with Crippen LogP contribution in [0.2, 0.25) is 0 Å². The number of rotatable bonds is 11. The molecular weight excluding hydrogens is 431 g/mol. The molecule has 25 heavy (non-hydrogen) atoms. The Balaban J connectivity index is 0.00000576. The highest BCUT2D eigenvalue weighted by atomic mass is 127. The zero-order valence-electron chi connectivity index (χ0n) is 15.2. The van der Waals surface area contributed by atoms with Crippen LogP contribution in [-0.4, -0.2) is 44.7 Å². The molecule has 0 atom stereocenters. The molecule has 0 bridgehead atoms. The first kappa shape index (κ1) is 23.6. The van der Waals surface area contributed by atoms with Gasteiger partial charge in [0.2, 0.25) is 5.91 Å². The molecule has 0 aromatic heterocycles. The Hall–Kier alpha value is -1.35. The lowest BCUT2D eigenvalue weighted by Crippen LogP contribution is -2.39. The van der Waals surface area contributed by atoms with E-state index >= 15 is 0 Å². The molecule has 0 aliphatic carbocycles. The quantitative estimate of drug-likeness (QED) is 0.204. The Morgan fingerprint density at radius 3 is 2.56 bits per heavy atom. The lowest BCUT2D eigenvalue weighted by Gasteiger charge is -2.11. The van der Waals surface area contributed by atoms with E-state index in [4.69, 9.17) is 4.74 Å². The summed E-state index contributed by atoms with van der Waals surface area (Å²) in [6, 6.07) is 9.89. The summed E-state index contributed by atoms with van der Waals surface area (Å²) in [6.45, 7) is 8.07. The van der Waals surface area contributed by atoms with Gasteiger partial charge in [0.1, 0.15) is 0 Å². The highest BCUT2D eigenvalue weighted by Gasteiger charge is 2.02. The summed E-state index contributed by atoms with van der Waals surface area (Å²) in [5, 5.41) is 9.26. The van der Waals surface area contributed by atoms with Crippen LogP contribution in [-0.2, 0) is 16.1 Å². The minimum absolute atomic E-state index is 0. The second-order valence-corrected chi connectivity index (χ2v) is 5.25. The Morgan fingerprint density at radius 1 is 1.12 bits per heavy atom. The van der Waals surface area contributed by atoms with Gasteiger partial charge in [0.25, 0.3) is 0 Å². The standard InChI is InChI=1S/C18H30N4O2.HI/c1-3-19-18(20-12-8-14-24-4-2)21-13-11-17(23)22-15-16-9-6-5-7-10-16;/h5-7,9-10H,3-4,8,11-15H2,1-2H3,(H,22,23)(H2,19,20,21);1H. The molecule has 0 heterocycles. The number of halogens is 1. The van der Waals surface area contributed by atoms with E-state index in [1.807, 2.05) is 44.2 Å². The molecule has 0 saturated carbocycles. The van der Waals surface area contributed by atoms with Gasteiger partial charge in [0.05, 0.1) is 0 Å². The number of aliphatic imine (C=N–C) groups is 1. The summed E-state index contributed by atoms with van der Waals surface area (Å²) in [5.41, 5.74) is 1.10. The fraction of sp³-hybridized carbons (Fsp3) is 0.556. The monoisotopic (exact) mass is 462 g/mol. The Bertz CT molecular complexity index is 483. The molecule has 0 radical (unpaired) electrons. The molecule has 0 saturated heterocycles. The second kappa shape index (κ2) is 16.1. The fourth-order valence-electron chi connectivity index (χ4n) is 2.02. The van der Waals surface area contributed by atoms with Gasteiger partial charge in [-0.15, -0.1) is 24.0 Å². The van der Waals surface area contributed by atoms with Crippen molar-refractivity contribution in [1.29, 1.82) is 0 Å². The average Bonchev–Trinajstić information content (AvgIpc) is 2.60. The number of carbonyl (C=O) groups excluding carboxylic acids is 1.